The van der Waals surface area contributed by atoms with E-state index in [1.807, 2.05) is 0 Å². The third kappa shape index (κ3) is 27.4. The highest BCUT2D eigenvalue weighted by Crippen LogP contribution is 2.14. The molecule has 27 heavy (non-hydrogen) atoms. The molecule has 0 aliphatic heterocycles. The van der Waals surface area contributed by atoms with Crippen LogP contribution in [0.1, 0.15) is 110 Å². The van der Waals surface area contributed by atoms with Crippen molar-refractivity contribution in [2.75, 3.05) is 5.75 Å². The molecule has 0 aromatic heterocycles. The van der Waals surface area contributed by atoms with Crippen molar-refractivity contribution in [3.05, 3.63) is 12.2 Å². The van der Waals surface area contributed by atoms with Gasteiger partial charge in [0.2, 0.25) is 0 Å². The molecular weight excluding hydrogens is 364 g/mol. The number of unbranched alkanes of at least 4 members (excludes halogenated alkanes) is 13. The molecule has 0 saturated heterocycles. The Morgan fingerprint density at radius 1 is 0.741 bits per heavy atom. The zero-order valence-electron chi connectivity index (χ0n) is 17.5. The predicted molar refractivity (Wildman–Crippen MR) is 114 cm³/mol. The smallest absolute Gasteiger partial charge is 0.330 e. The van der Waals surface area contributed by atoms with Crippen molar-refractivity contribution in [1.29, 1.82) is 0 Å². The summed E-state index contributed by atoms with van der Waals surface area (Å²) < 4.78 is 26.9. The Morgan fingerprint density at radius 3 is 1.30 bits per heavy atom. The van der Waals surface area contributed by atoms with Gasteiger partial charge in [0.05, 0.1) is 5.75 Å². The third-order valence-corrected chi connectivity index (χ3v) is 5.23. The van der Waals surface area contributed by atoms with E-state index in [4.69, 9.17) is 9.66 Å². The Morgan fingerprint density at radius 2 is 1.04 bits per heavy atom. The molecule has 2 N–H and O–H groups in total. The molecule has 0 amide bonds. The fourth-order valence-corrected chi connectivity index (χ4v) is 2.64. The summed E-state index contributed by atoms with van der Waals surface area (Å²) in [5.41, 5.74) is 0.355. The number of carbonyl (C=O) groups is 1. The highest BCUT2D eigenvalue weighted by Gasteiger charge is 2.02. The van der Waals surface area contributed by atoms with Crippen LogP contribution >= 0.6 is 0 Å². The molecule has 0 aliphatic carbocycles. The van der Waals surface area contributed by atoms with Gasteiger partial charge in [0, 0.05) is 5.57 Å². The topological polar surface area (TPSA) is 91.7 Å². The third-order valence-electron chi connectivity index (χ3n) is 4.50. The molecule has 0 aromatic carbocycles. The van der Waals surface area contributed by atoms with E-state index < -0.39 is 16.1 Å². The fourth-order valence-electron chi connectivity index (χ4n) is 2.64. The van der Waals surface area contributed by atoms with Crippen LogP contribution in [0.15, 0.2) is 12.2 Å². The van der Waals surface area contributed by atoms with Crippen molar-refractivity contribution < 1.29 is 22.9 Å². The van der Waals surface area contributed by atoms with Gasteiger partial charge in [-0.3, -0.25) is 4.55 Å². The van der Waals surface area contributed by atoms with Gasteiger partial charge in [0.25, 0.3) is 10.1 Å². The van der Waals surface area contributed by atoms with Gasteiger partial charge in [-0.05, 0) is 19.8 Å². The van der Waals surface area contributed by atoms with Gasteiger partial charge in [-0.1, -0.05) is 97.0 Å². The van der Waals surface area contributed by atoms with Crippen LogP contribution in [0.4, 0.5) is 0 Å². The highest BCUT2D eigenvalue weighted by molar-refractivity contribution is 7.85. The van der Waals surface area contributed by atoms with Crippen LogP contribution in [-0.2, 0) is 14.9 Å². The first kappa shape index (κ1) is 28.3. The van der Waals surface area contributed by atoms with Gasteiger partial charge in [-0.15, -0.1) is 0 Å². The Hall–Kier alpha value is -0.880. The maximum absolute atomic E-state index is 10.6. The minimum Gasteiger partial charge on any atom is -0.478 e. The molecule has 162 valence electrons. The van der Waals surface area contributed by atoms with E-state index >= 15 is 0 Å². The molecule has 0 aromatic rings. The molecule has 0 fully saturated rings. The first-order valence-electron chi connectivity index (χ1n) is 10.6. The van der Waals surface area contributed by atoms with E-state index in [9.17, 15) is 13.2 Å². The SMILES string of the molecule is C=C(CCCCCCCCCCCCCCCC)C(=O)O.CCS(=O)(=O)O. The molecule has 0 atom stereocenters. The molecule has 5 nitrogen and oxygen atoms in total. The number of rotatable bonds is 17. The normalized spacial score (nSPS) is 10.9. The van der Waals surface area contributed by atoms with Crippen molar-refractivity contribution in [3.8, 4) is 0 Å². The molecule has 0 radical (unpaired) electrons. The van der Waals surface area contributed by atoms with E-state index in [0.717, 1.165) is 12.8 Å². The second-order valence-corrected chi connectivity index (χ2v) is 8.87. The van der Waals surface area contributed by atoms with Crippen LogP contribution in [0, 0.1) is 0 Å². The van der Waals surface area contributed by atoms with Gasteiger partial charge in [-0.2, -0.15) is 8.42 Å². The van der Waals surface area contributed by atoms with Gasteiger partial charge in [0.1, 0.15) is 0 Å². The van der Waals surface area contributed by atoms with E-state index in [0.29, 0.717) is 12.0 Å². The van der Waals surface area contributed by atoms with Gasteiger partial charge in [0.15, 0.2) is 0 Å². The zero-order valence-corrected chi connectivity index (χ0v) is 18.4. The van der Waals surface area contributed by atoms with E-state index in [2.05, 4.69) is 13.5 Å². The molecule has 0 saturated carbocycles. The average Bonchev–Trinajstić information content (AvgIpc) is 2.61. The summed E-state index contributed by atoms with van der Waals surface area (Å²) in [5, 5.41) is 8.69. The number of carboxylic acid groups (broad SMARTS) is 1. The second-order valence-electron chi connectivity index (χ2n) is 7.13. The Balaban J connectivity index is 0. The summed E-state index contributed by atoms with van der Waals surface area (Å²) in [6, 6.07) is 0. The first-order chi connectivity index (χ1) is 12.7. The Bertz CT molecular complexity index is 457. The van der Waals surface area contributed by atoms with Crippen LogP contribution in [0.3, 0.4) is 0 Å². The maximum atomic E-state index is 10.6. The van der Waals surface area contributed by atoms with Crippen LogP contribution in [0.2, 0.25) is 0 Å². The van der Waals surface area contributed by atoms with E-state index in [1.54, 1.807) is 0 Å². The molecule has 0 rings (SSSR count). The summed E-state index contributed by atoms with van der Waals surface area (Å²) in [6.45, 7) is 7.19. The van der Waals surface area contributed by atoms with Crippen molar-refractivity contribution >= 4 is 16.1 Å². The van der Waals surface area contributed by atoms with Crippen molar-refractivity contribution in [1.82, 2.24) is 0 Å². The molecule has 0 unspecified atom stereocenters. The van der Waals surface area contributed by atoms with Gasteiger partial charge < -0.3 is 5.11 Å². The second kappa shape index (κ2) is 19.9. The summed E-state index contributed by atoms with van der Waals surface area (Å²) in [4.78, 5) is 10.6. The van der Waals surface area contributed by atoms with Gasteiger partial charge >= 0.3 is 5.97 Å². The lowest BCUT2D eigenvalue weighted by atomic mass is 10.0. The van der Waals surface area contributed by atoms with Crippen LogP contribution in [0.5, 0.6) is 0 Å². The Labute approximate surface area is 167 Å². The highest BCUT2D eigenvalue weighted by atomic mass is 32.2. The number of carboxylic acids is 1. The van der Waals surface area contributed by atoms with Crippen molar-refractivity contribution in [2.45, 2.75) is 110 Å². The lowest BCUT2D eigenvalue weighted by Crippen LogP contribution is -1.98. The zero-order chi connectivity index (χ0) is 21.0. The monoisotopic (exact) mass is 406 g/mol. The van der Waals surface area contributed by atoms with E-state index in [-0.39, 0.29) is 5.75 Å². The van der Waals surface area contributed by atoms with Crippen molar-refractivity contribution in [2.24, 2.45) is 0 Å². The molecule has 0 aliphatic rings. The molecule has 0 heterocycles. The summed E-state index contributed by atoms with van der Waals surface area (Å²) >= 11 is 0. The lowest BCUT2D eigenvalue weighted by molar-refractivity contribution is -0.132. The maximum Gasteiger partial charge on any atom is 0.330 e. The van der Waals surface area contributed by atoms with Crippen LogP contribution in [-0.4, -0.2) is 29.8 Å². The standard InChI is InChI=1S/C19H36O2.C2H6O3S/c1-3-4-5-6-7-8-9-10-11-12-13-14-15-16-17-18(2)19(20)21;1-2-6(3,4)5/h2-17H2,1H3,(H,20,21);2H2,1H3,(H,3,4,5). The van der Waals surface area contributed by atoms with Crippen LogP contribution in [0.25, 0.3) is 0 Å². The van der Waals surface area contributed by atoms with Crippen LogP contribution < -0.4 is 0 Å². The minimum atomic E-state index is -3.66. The van der Waals surface area contributed by atoms with E-state index in [1.165, 1.54) is 84.0 Å². The minimum absolute atomic E-state index is 0.201. The molecule has 0 bridgehead atoms. The predicted octanol–water partition coefficient (Wildman–Crippen LogP) is 6.39. The summed E-state index contributed by atoms with van der Waals surface area (Å²) in [7, 11) is -3.66. The number of hydrogen-bond acceptors (Lipinski definition) is 3. The number of hydrogen-bond donors (Lipinski definition) is 2. The Kier molecular flexibility index (Phi) is 20.8. The molecule has 0 spiro atoms. The fraction of sp³-hybridized carbons (Fsp3) is 0.857. The average molecular weight is 407 g/mol. The summed E-state index contributed by atoms with van der Waals surface area (Å²) in [6.07, 6.45) is 19.2. The molecule has 6 heteroatoms. The van der Waals surface area contributed by atoms with Crippen molar-refractivity contribution in [3.63, 3.8) is 0 Å². The summed E-state index contributed by atoms with van der Waals surface area (Å²) in [5.74, 6) is -1.04. The lowest BCUT2D eigenvalue weighted by Gasteiger charge is -2.03. The number of aliphatic carboxylic acids is 1. The van der Waals surface area contributed by atoms with Gasteiger partial charge in [-0.25, -0.2) is 4.79 Å². The largest absolute Gasteiger partial charge is 0.478 e. The first-order valence-corrected chi connectivity index (χ1v) is 12.2. The molecular formula is C21H42O5S. The quantitative estimate of drug-likeness (QED) is 0.166.